The standard InChI is InChI=1S/C11H12N4OS/c12-10-8(2-1-4-14-10)11(16)15-5-3-9-13-6-7-17-9/h1-2,4,6-7H,3,5H2,(H2,12,14)(H,15,16). The molecule has 0 radical (unpaired) electrons. The highest BCUT2D eigenvalue weighted by molar-refractivity contribution is 7.09. The van der Waals surface area contributed by atoms with E-state index >= 15 is 0 Å². The molecule has 2 aromatic rings. The normalized spacial score (nSPS) is 10.1. The van der Waals surface area contributed by atoms with Gasteiger partial charge in [0.1, 0.15) is 5.82 Å². The number of hydrogen-bond acceptors (Lipinski definition) is 5. The van der Waals surface area contributed by atoms with Gasteiger partial charge in [-0.25, -0.2) is 9.97 Å². The molecule has 1 amide bonds. The lowest BCUT2D eigenvalue weighted by Crippen LogP contribution is -2.26. The Balaban J connectivity index is 1.88. The molecule has 5 nitrogen and oxygen atoms in total. The summed E-state index contributed by atoms with van der Waals surface area (Å²) >= 11 is 1.57. The molecule has 0 bridgehead atoms. The van der Waals surface area contributed by atoms with E-state index < -0.39 is 0 Å². The van der Waals surface area contributed by atoms with Gasteiger partial charge >= 0.3 is 0 Å². The lowest BCUT2D eigenvalue weighted by atomic mass is 10.2. The maximum Gasteiger partial charge on any atom is 0.255 e. The first kappa shape index (κ1) is 11.5. The van der Waals surface area contributed by atoms with Gasteiger partial charge in [-0.3, -0.25) is 4.79 Å². The first-order valence-corrected chi connectivity index (χ1v) is 6.02. The van der Waals surface area contributed by atoms with Crippen LogP contribution in [0.15, 0.2) is 29.9 Å². The monoisotopic (exact) mass is 248 g/mol. The van der Waals surface area contributed by atoms with Crippen molar-refractivity contribution in [3.8, 4) is 0 Å². The quantitative estimate of drug-likeness (QED) is 0.848. The molecule has 0 fully saturated rings. The molecule has 0 aliphatic rings. The van der Waals surface area contributed by atoms with Crippen LogP contribution >= 0.6 is 11.3 Å². The molecule has 88 valence electrons. The van der Waals surface area contributed by atoms with Gasteiger partial charge in [-0.05, 0) is 12.1 Å². The Labute approximate surface area is 103 Å². The molecule has 0 saturated carbocycles. The Morgan fingerprint density at radius 2 is 2.29 bits per heavy atom. The van der Waals surface area contributed by atoms with E-state index in [2.05, 4.69) is 15.3 Å². The second kappa shape index (κ2) is 5.40. The van der Waals surface area contributed by atoms with Crippen molar-refractivity contribution in [3.05, 3.63) is 40.5 Å². The molecule has 0 aliphatic carbocycles. The number of carbonyl (C=O) groups excluding carboxylic acids is 1. The molecule has 0 saturated heterocycles. The number of nitrogen functional groups attached to an aromatic ring is 1. The number of hydrogen-bond donors (Lipinski definition) is 2. The maximum atomic E-state index is 11.7. The smallest absolute Gasteiger partial charge is 0.255 e. The van der Waals surface area contributed by atoms with Crippen LogP contribution in [0.2, 0.25) is 0 Å². The first-order chi connectivity index (χ1) is 8.27. The highest BCUT2D eigenvalue weighted by Gasteiger charge is 2.09. The average Bonchev–Trinajstić information content (AvgIpc) is 2.82. The third-order valence-electron chi connectivity index (χ3n) is 2.19. The van der Waals surface area contributed by atoms with Crippen LogP contribution in [0.5, 0.6) is 0 Å². The Hall–Kier alpha value is -1.95. The van der Waals surface area contributed by atoms with Gasteiger partial charge in [0.05, 0.1) is 10.6 Å². The number of amides is 1. The molecule has 0 atom stereocenters. The largest absolute Gasteiger partial charge is 0.383 e. The van der Waals surface area contributed by atoms with Crippen molar-refractivity contribution in [2.75, 3.05) is 12.3 Å². The fraction of sp³-hybridized carbons (Fsp3) is 0.182. The molecule has 17 heavy (non-hydrogen) atoms. The molecule has 0 aliphatic heterocycles. The zero-order valence-corrected chi connectivity index (χ0v) is 9.91. The van der Waals surface area contributed by atoms with E-state index in [9.17, 15) is 4.79 Å². The number of thiazole rings is 1. The zero-order valence-electron chi connectivity index (χ0n) is 9.09. The van der Waals surface area contributed by atoms with Gasteiger partial charge in [-0.15, -0.1) is 11.3 Å². The Morgan fingerprint density at radius 3 is 3.00 bits per heavy atom. The minimum absolute atomic E-state index is 0.202. The molecule has 0 aromatic carbocycles. The number of anilines is 1. The predicted molar refractivity (Wildman–Crippen MR) is 66.8 cm³/mol. The van der Waals surface area contributed by atoms with Gasteiger partial charge in [0, 0.05) is 30.7 Å². The van der Waals surface area contributed by atoms with Gasteiger partial charge in [0.25, 0.3) is 5.91 Å². The van der Waals surface area contributed by atoms with Crippen molar-refractivity contribution < 1.29 is 4.79 Å². The first-order valence-electron chi connectivity index (χ1n) is 5.14. The minimum atomic E-state index is -0.202. The fourth-order valence-corrected chi connectivity index (χ4v) is 1.98. The van der Waals surface area contributed by atoms with Crippen molar-refractivity contribution in [1.82, 2.24) is 15.3 Å². The summed E-state index contributed by atoms with van der Waals surface area (Å²) in [5, 5.41) is 5.70. The van der Waals surface area contributed by atoms with Crippen molar-refractivity contribution in [1.29, 1.82) is 0 Å². The number of carbonyl (C=O) groups is 1. The van der Waals surface area contributed by atoms with E-state index in [-0.39, 0.29) is 11.7 Å². The Morgan fingerprint density at radius 1 is 1.41 bits per heavy atom. The number of nitrogens with two attached hydrogens (primary N) is 1. The third kappa shape index (κ3) is 3.01. The van der Waals surface area contributed by atoms with Gasteiger partial charge in [-0.2, -0.15) is 0 Å². The summed E-state index contributed by atoms with van der Waals surface area (Å²) in [6.07, 6.45) is 4.03. The summed E-state index contributed by atoms with van der Waals surface area (Å²) in [6, 6.07) is 3.34. The zero-order chi connectivity index (χ0) is 12.1. The molecular formula is C11H12N4OS. The number of nitrogens with one attached hydrogen (secondary N) is 1. The van der Waals surface area contributed by atoms with Gasteiger partial charge in [0.15, 0.2) is 0 Å². The number of nitrogens with zero attached hydrogens (tertiary/aromatic N) is 2. The third-order valence-corrected chi connectivity index (χ3v) is 3.03. The second-order valence-corrected chi connectivity index (χ2v) is 4.35. The van der Waals surface area contributed by atoms with E-state index in [0.717, 1.165) is 11.4 Å². The maximum absolute atomic E-state index is 11.7. The molecular weight excluding hydrogens is 236 g/mol. The highest BCUT2D eigenvalue weighted by atomic mass is 32.1. The summed E-state index contributed by atoms with van der Waals surface area (Å²) in [6.45, 7) is 0.542. The van der Waals surface area contributed by atoms with Crippen LogP contribution in [-0.4, -0.2) is 22.4 Å². The molecule has 0 unspecified atom stereocenters. The summed E-state index contributed by atoms with van der Waals surface area (Å²) in [5.41, 5.74) is 6.01. The SMILES string of the molecule is Nc1ncccc1C(=O)NCCc1nccs1. The van der Waals surface area contributed by atoms with Gasteiger partial charge in [0.2, 0.25) is 0 Å². The van der Waals surface area contributed by atoms with E-state index in [1.165, 1.54) is 0 Å². The predicted octanol–water partition coefficient (Wildman–Crippen LogP) is 1.09. The number of rotatable bonds is 4. The van der Waals surface area contributed by atoms with E-state index in [0.29, 0.717) is 12.1 Å². The van der Waals surface area contributed by atoms with Crippen LogP contribution in [0, 0.1) is 0 Å². The lowest BCUT2D eigenvalue weighted by molar-refractivity contribution is 0.0955. The van der Waals surface area contributed by atoms with Gasteiger partial charge in [-0.1, -0.05) is 0 Å². The van der Waals surface area contributed by atoms with Crippen LogP contribution in [-0.2, 0) is 6.42 Å². The molecule has 3 N–H and O–H groups in total. The van der Waals surface area contributed by atoms with Gasteiger partial charge < -0.3 is 11.1 Å². The van der Waals surface area contributed by atoms with Crippen molar-refractivity contribution >= 4 is 23.1 Å². The number of aromatic nitrogens is 2. The van der Waals surface area contributed by atoms with Crippen LogP contribution in [0.1, 0.15) is 15.4 Å². The fourth-order valence-electron chi connectivity index (χ4n) is 1.36. The summed E-state index contributed by atoms with van der Waals surface area (Å²) < 4.78 is 0. The second-order valence-electron chi connectivity index (χ2n) is 3.37. The molecule has 2 aromatic heterocycles. The van der Waals surface area contributed by atoms with Crippen LogP contribution in [0.25, 0.3) is 0 Å². The van der Waals surface area contributed by atoms with Crippen LogP contribution in [0.4, 0.5) is 5.82 Å². The molecule has 2 rings (SSSR count). The van der Waals surface area contributed by atoms with Crippen molar-refractivity contribution in [2.24, 2.45) is 0 Å². The Kier molecular flexibility index (Phi) is 3.66. The minimum Gasteiger partial charge on any atom is -0.383 e. The lowest BCUT2D eigenvalue weighted by Gasteiger charge is -2.05. The number of pyridine rings is 1. The van der Waals surface area contributed by atoms with E-state index in [4.69, 9.17) is 5.73 Å². The molecule has 6 heteroatoms. The molecule has 0 spiro atoms. The van der Waals surface area contributed by atoms with E-state index in [1.807, 2.05) is 5.38 Å². The van der Waals surface area contributed by atoms with Crippen LogP contribution in [0.3, 0.4) is 0 Å². The van der Waals surface area contributed by atoms with E-state index in [1.54, 1.807) is 35.9 Å². The van der Waals surface area contributed by atoms with Crippen molar-refractivity contribution in [3.63, 3.8) is 0 Å². The average molecular weight is 248 g/mol. The van der Waals surface area contributed by atoms with Crippen molar-refractivity contribution in [2.45, 2.75) is 6.42 Å². The Bertz CT molecular complexity index is 498. The molecule has 2 heterocycles. The summed E-state index contributed by atoms with van der Waals surface area (Å²) in [4.78, 5) is 19.7. The summed E-state index contributed by atoms with van der Waals surface area (Å²) in [7, 11) is 0. The summed E-state index contributed by atoms with van der Waals surface area (Å²) in [5.74, 6) is 0.0476. The highest BCUT2D eigenvalue weighted by Crippen LogP contribution is 2.07. The van der Waals surface area contributed by atoms with Crippen LogP contribution < -0.4 is 11.1 Å². The topological polar surface area (TPSA) is 80.9 Å².